The molecule has 0 radical (unpaired) electrons. The molecule has 112 valence electrons. The summed E-state index contributed by atoms with van der Waals surface area (Å²) in [5.74, 6) is 0.0579. The van der Waals surface area contributed by atoms with Crippen LogP contribution in [0.3, 0.4) is 0 Å². The Morgan fingerprint density at radius 1 is 1.14 bits per heavy atom. The summed E-state index contributed by atoms with van der Waals surface area (Å²) >= 11 is 0. The van der Waals surface area contributed by atoms with Crippen molar-refractivity contribution in [2.24, 2.45) is 0 Å². The molecule has 2 rings (SSSR count). The third kappa shape index (κ3) is 3.60. The van der Waals surface area contributed by atoms with E-state index in [2.05, 4.69) is 33.9 Å². The molecule has 0 fully saturated rings. The van der Waals surface area contributed by atoms with Gasteiger partial charge in [-0.05, 0) is 41.9 Å². The van der Waals surface area contributed by atoms with Crippen molar-refractivity contribution in [3.63, 3.8) is 0 Å². The lowest BCUT2D eigenvalue weighted by Gasteiger charge is -2.38. The summed E-state index contributed by atoms with van der Waals surface area (Å²) in [6, 6.07) is 9.93. The van der Waals surface area contributed by atoms with Crippen LogP contribution in [-0.4, -0.2) is 20.2 Å². The molecular weight excluding hydrogens is 276 g/mol. The van der Waals surface area contributed by atoms with E-state index in [9.17, 15) is 4.79 Å². The van der Waals surface area contributed by atoms with E-state index in [0.29, 0.717) is 0 Å². The van der Waals surface area contributed by atoms with Crippen molar-refractivity contribution in [3.05, 3.63) is 53.6 Å². The van der Waals surface area contributed by atoms with Crippen molar-refractivity contribution in [1.82, 2.24) is 0 Å². The fourth-order valence-electron chi connectivity index (χ4n) is 1.99. The fraction of sp³-hybridized carbons (Fsp3) is 0.389. The van der Waals surface area contributed by atoms with Crippen LogP contribution in [0.15, 0.2) is 48.1 Å². The van der Waals surface area contributed by atoms with Gasteiger partial charge < -0.3 is 4.43 Å². The normalized spacial score (nSPS) is 21.3. The number of benzene rings is 1. The summed E-state index contributed by atoms with van der Waals surface area (Å²) in [6.07, 6.45) is 5.25. The van der Waals surface area contributed by atoms with Gasteiger partial charge in [0.25, 0.3) is 0 Å². The quantitative estimate of drug-likeness (QED) is 0.602. The van der Waals surface area contributed by atoms with Gasteiger partial charge in [0.05, 0.1) is 6.10 Å². The number of rotatable bonds is 3. The number of hydrogen-bond acceptors (Lipinski definition) is 2. The highest BCUT2D eigenvalue weighted by Gasteiger charge is 2.40. The summed E-state index contributed by atoms with van der Waals surface area (Å²) < 4.78 is 6.38. The maximum atomic E-state index is 12.1. The van der Waals surface area contributed by atoms with E-state index in [-0.39, 0.29) is 16.9 Å². The molecular formula is C18H24O2Si. The second kappa shape index (κ2) is 5.74. The van der Waals surface area contributed by atoms with Crippen molar-refractivity contribution < 1.29 is 9.22 Å². The minimum Gasteiger partial charge on any atom is -0.406 e. The molecule has 0 saturated carbocycles. The Morgan fingerprint density at radius 3 is 2.33 bits per heavy atom. The molecule has 1 unspecified atom stereocenters. The topological polar surface area (TPSA) is 26.3 Å². The number of allylic oxidation sites excluding steroid dienone is 1. The molecule has 1 aromatic rings. The van der Waals surface area contributed by atoms with Crippen LogP contribution in [0.1, 0.15) is 26.3 Å². The number of hydrogen-bond donors (Lipinski definition) is 0. The van der Waals surface area contributed by atoms with Gasteiger partial charge in [-0.15, -0.1) is 0 Å². The maximum absolute atomic E-state index is 12.1. The number of carbonyl (C=O) groups excluding carboxylic acids is 1. The molecule has 0 aromatic heterocycles. The van der Waals surface area contributed by atoms with Crippen molar-refractivity contribution in [3.8, 4) is 0 Å². The van der Waals surface area contributed by atoms with Gasteiger partial charge in [-0.2, -0.15) is 0 Å². The van der Waals surface area contributed by atoms with Gasteiger partial charge in [0, 0.05) is 5.57 Å². The highest BCUT2D eigenvalue weighted by molar-refractivity contribution is 6.74. The molecule has 0 heterocycles. The van der Waals surface area contributed by atoms with E-state index in [1.807, 2.05) is 42.5 Å². The highest BCUT2D eigenvalue weighted by Crippen LogP contribution is 2.39. The van der Waals surface area contributed by atoms with Gasteiger partial charge in [0.2, 0.25) is 0 Å². The zero-order chi connectivity index (χ0) is 15.7. The summed E-state index contributed by atoms with van der Waals surface area (Å²) in [6.45, 7) is 11.1. The van der Waals surface area contributed by atoms with Gasteiger partial charge in [-0.3, -0.25) is 4.79 Å². The Balaban J connectivity index is 2.26. The van der Waals surface area contributed by atoms with Crippen LogP contribution in [0.2, 0.25) is 18.1 Å². The predicted octanol–water partition coefficient (Wildman–Crippen LogP) is 4.60. The van der Waals surface area contributed by atoms with E-state index in [1.165, 1.54) is 0 Å². The Hall–Kier alpha value is -1.45. The summed E-state index contributed by atoms with van der Waals surface area (Å²) in [5.41, 5.74) is 1.78. The van der Waals surface area contributed by atoms with Crippen molar-refractivity contribution in [1.29, 1.82) is 0 Å². The van der Waals surface area contributed by atoms with Crippen molar-refractivity contribution in [2.75, 3.05) is 0 Å². The average Bonchev–Trinajstić information content (AvgIpc) is 2.71. The third-order valence-electron chi connectivity index (χ3n) is 4.36. The van der Waals surface area contributed by atoms with Crippen LogP contribution >= 0.6 is 0 Å². The molecule has 0 N–H and O–H groups in total. The molecule has 21 heavy (non-hydrogen) atoms. The molecule has 0 spiro atoms. The second-order valence-corrected chi connectivity index (χ2v) is 11.8. The van der Waals surface area contributed by atoms with Crippen LogP contribution in [-0.2, 0) is 9.22 Å². The van der Waals surface area contributed by atoms with Gasteiger partial charge in [0.1, 0.15) is 0 Å². The minimum absolute atomic E-state index is 0.0579. The Morgan fingerprint density at radius 2 is 1.76 bits per heavy atom. The average molecular weight is 300 g/mol. The molecule has 1 aromatic carbocycles. The Labute approximate surface area is 128 Å². The van der Waals surface area contributed by atoms with Crippen molar-refractivity contribution >= 4 is 20.2 Å². The molecule has 3 heteroatoms. The lowest BCUT2D eigenvalue weighted by atomic mass is 10.1. The van der Waals surface area contributed by atoms with Crippen molar-refractivity contribution in [2.45, 2.75) is 45.0 Å². The first-order valence-electron chi connectivity index (χ1n) is 7.38. The summed E-state index contributed by atoms with van der Waals surface area (Å²) in [5, 5.41) is 0.129. The van der Waals surface area contributed by atoms with E-state index in [1.54, 1.807) is 6.08 Å². The van der Waals surface area contributed by atoms with E-state index in [4.69, 9.17) is 4.43 Å². The molecule has 0 saturated heterocycles. The largest absolute Gasteiger partial charge is 0.406 e. The van der Waals surface area contributed by atoms with Gasteiger partial charge in [-0.1, -0.05) is 51.1 Å². The van der Waals surface area contributed by atoms with Crippen LogP contribution < -0.4 is 0 Å². The molecule has 1 atom stereocenters. The number of ketones is 1. The highest BCUT2D eigenvalue weighted by atomic mass is 28.4. The first kappa shape index (κ1) is 15.9. The molecule has 1 aliphatic rings. The Bertz CT molecular complexity index is 577. The van der Waals surface area contributed by atoms with E-state index >= 15 is 0 Å². The number of carbonyl (C=O) groups is 1. The summed E-state index contributed by atoms with van der Waals surface area (Å²) in [4.78, 5) is 12.1. The first-order valence-corrected chi connectivity index (χ1v) is 10.3. The molecule has 0 aliphatic heterocycles. The van der Waals surface area contributed by atoms with Gasteiger partial charge >= 0.3 is 0 Å². The molecule has 0 amide bonds. The fourth-order valence-corrected chi connectivity index (χ4v) is 3.19. The Kier molecular flexibility index (Phi) is 4.35. The third-order valence-corrected chi connectivity index (χ3v) is 8.82. The molecule has 0 bridgehead atoms. The van der Waals surface area contributed by atoms with Crippen LogP contribution in [0.5, 0.6) is 0 Å². The van der Waals surface area contributed by atoms with E-state index in [0.717, 1.165) is 11.1 Å². The predicted molar refractivity (Wildman–Crippen MR) is 90.6 cm³/mol. The molecule has 1 aliphatic carbocycles. The van der Waals surface area contributed by atoms with Gasteiger partial charge in [0.15, 0.2) is 14.1 Å². The lowest BCUT2D eigenvalue weighted by molar-refractivity contribution is -0.111. The molecule has 2 nitrogen and oxygen atoms in total. The second-order valence-electron chi connectivity index (χ2n) is 7.03. The van der Waals surface area contributed by atoms with Crippen LogP contribution in [0.25, 0.3) is 6.08 Å². The zero-order valence-corrected chi connectivity index (χ0v) is 14.5. The van der Waals surface area contributed by atoms with Gasteiger partial charge in [-0.25, -0.2) is 0 Å². The van der Waals surface area contributed by atoms with E-state index < -0.39 is 8.32 Å². The lowest BCUT2D eigenvalue weighted by Crippen LogP contribution is -2.43. The zero-order valence-electron chi connectivity index (χ0n) is 13.5. The monoisotopic (exact) mass is 300 g/mol. The minimum atomic E-state index is -1.90. The SMILES string of the molecule is CC(C)(C)[Si](C)(C)OC1C=CC(=O)C1=Cc1ccccc1. The summed E-state index contributed by atoms with van der Waals surface area (Å²) in [7, 11) is -1.90. The standard InChI is InChI=1S/C18H24O2Si/c1-18(2,3)21(4,5)20-17-12-11-16(19)15(17)13-14-9-7-6-8-10-14/h6-13,17H,1-5H3. The van der Waals surface area contributed by atoms with Crippen LogP contribution in [0, 0.1) is 0 Å². The maximum Gasteiger partial charge on any atom is 0.193 e. The van der Waals surface area contributed by atoms with Crippen LogP contribution in [0.4, 0.5) is 0 Å². The first-order chi connectivity index (χ1) is 9.71. The smallest absolute Gasteiger partial charge is 0.193 e.